The predicted molar refractivity (Wildman–Crippen MR) is 68.9 cm³/mol. The van der Waals surface area contributed by atoms with Crippen LogP contribution in [-0.4, -0.2) is 26.0 Å². The third kappa shape index (κ3) is 2.70. The Morgan fingerprint density at radius 3 is 2.78 bits per heavy atom. The lowest BCUT2D eigenvalue weighted by molar-refractivity contribution is -0.122. The molecule has 0 bridgehead atoms. The molecule has 2 rings (SSSR count). The molecule has 0 atom stereocenters. The number of carbonyl (C=O) groups is 1. The zero-order valence-electron chi connectivity index (χ0n) is 10.6. The lowest BCUT2D eigenvalue weighted by Gasteiger charge is -2.37. The molecule has 1 aliphatic rings. The largest absolute Gasteiger partial charge is 0.359 e. The van der Waals surface area contributed by atoms with Gasteiger partial charge < -0.3 is 10.6 Å². The Labute approximate surface area is 107 Å². The van der Waals surface area contributed by atoms with E-state index in [9.17, 15) is 9.18 Å². The summed E-state index contributed by atoms with van der Waals surface area (Å²) in [6.45, 7) is 1.74. The van der Waals surface area contributed by atoms with Crippen LogP contribution in [0.1, 0.15) is 24.8 Å². The van der Waals surface area contributed by atoms with Gasteiger partial charge >= 0.3 is 0 Å². The molecule has 1 heterocycles. The fraction of sp³-hybridized carbons (Fsp3) is 0.500. The molecular formula is C14H19FN2O. The van der Waals surface area contributed by atoms with Crippen molar-refractivity contribution in [2.75, 3.05) is 20.1 Å². The number of piperidine rings is 1. The monoisotopic (exact) mass is 250 g/mol. The molecule has 1 saturated heterocycles. The minimum Gasteiger partial charge on any atom is -0.359 e. The molecule has 98 valence electrons. The summed E-state index contributed by atoms with van der Waals surface area (Å²) in [7, 11) is 1.64. The molecule has 0 radical (unpaired) electrons. The standard InChI is InChI=1S/C14H19FN2O/c1-16-13(18)10-14(5-7-17-8-6-14)11-3-2-4-12(15)9-11/h2-4,9,17H,5-8,10H2,1H3,(H,16,18). The first-order chi connectivity index (χ1) is 8.66. The first-order valence-electron chi connectivity index (χ1n) is 6.34. The van der Waals surface area contributed by atoms with E-state index in [-0.39, 0.29) is 17.1 Å². The lowest BCUT2D eigenvalue weighted by atomic mass is 9.70. The van der Waals surface area contributed by atoms with E-state index in [0.717, 1.165) is 31.5 Å². The van der Waals surface area contributed by atoms with Gasteiger partial charge in [0.25, 0.3) is 0 Å². The van der Waals surface area contributed by atoms with Gasteiger partial charge in [-0.1, -0.05) is 12.1 Å². The van der Waals surface area contributed by atoms with Crippen molar-refractivity contribution in [1.29, 1.82) is 0 Å². The highest BCUT2D eigenvalue weighted by atomic mass is 19.1. The van der Waals surface area contributed by atoms with E-state index in [4.69, 9.17) is 0 Å². The predicted octanol–water partition coefficient (Wildman–Crippen LogP) is 1.58. The van der Waals surface area contributed by atoms with Crippen molar-refractivity contribution >= 4 is 5.91 Å². The maximum absolute atomic E-state index is 13.4. The Morgan fingerprint density at radius 1 is 1.44 bits per heavy atom. The number of carbonyl (C=O) groups excluding carboxylic acids is 1. The molecule has 0 aromatic heterocycles. The zero-order valence-corrected chi connectivity index (χ0v) is 10.6. The molecule has 4 heteroatoms. The molecule has 1 aliphatic heterocycles. The summed E-state index contributed by atoms with van der Waals surface area (Å²) in [6, 6.07) is 6.65. The van der Waals surface area contributed by atoms with Crippen LogP contribution in [0.3, 0.4) is 0 Å². The summed E-state index contributed by atoms with van der Waals surface area (Å²) in [5, 5.41) is 5.96. The maximum atomic E-state index is 13.4. The van der Waals surface area contributed by atoms with Crippen molar-refractivity contribution in [1.82, 2.24) is 10.6 Å². The minimum atomic E-state index is -0.234. The fourth-order valence-electron chi connectivity index (χ4n) is 2.69. The van der Waals surface area contributed by atoms with E-state index < -0.39 is 0 Å². The number of benzene rings is 1. The molecule has 1 fully saturated rings. The maximum Gasteiger partial charge on any atom is 0.220 e. The van der Waals surface area contributed by atoms with Gasteiger partial charge in [0.1, 0.15) is 5.82 Å². The molecular weight excluding hydrogens is 231 g/mol. The van der Waals surface area contributed by atoms with E-state index in [1.54, 1.807) is 19.2 Å². The number of hydrogen-bond donors (Lipinski definition) is 2. The van der Waals surface area contributed by atoms with Crippen LogP contribution < -0.4 is 10.6 Å². The minimum absolute atomic E-state index is 0.0150. The molecule has 0 saturated carbocycles. The van der Waals surface area contributed by atoms with Crippen LogP contribution in [0.25, 0.3) is 0 Å². The van der Waals surface area contributed by atoms with E-state index in [0.29, 0.717) is 6.42 Å². The summed E-state index contributed by atoms with van der Waals surface area (Å²) >= 11 is 0. The normalized spacial score (nSPS) is 18.3. The van der Waals surface area contributed by atoms with Crippen LogP contribution in [-0.2, 0) is 10.2 Å². The van der Waals surface area contributed by atoms with Crippen molar-refractivity contribution in [3.8, 4) is 0 Å². The van der Waals surface area contributed by atoms with Crippen LogP contribution in [0.4, 0.5) is 4.39 Å². The van der Waals surface area contributed by atoms with Crippen molar-refractivity contribution in [3.63, 3.8) is 0 Å². The van der Waals surface area contributed by atoms with E-state index in [1.807, 2.05) is 6.07 Å². The van der Waals surface area contributed by atoms with Crippen LogP contribution in [0.2, 0.25) is 0 Å². The summed E-state index contributed by atoms with van der Waals surface area (Å²) in [5.41, 5.74) is 0.709. The smallest absolute Gasteiger partial charge is 0.220 e. The molecule has 3 nitrogen and oxygen atoms in total. The van der Waals surface area contributed by atoms with Gasteiger partial charge in [0, 0.05) is 18.9 Å². The lowest BCUT2D eigenvalue weighted by Crippen LogP contribution is -2.43. The van der Waals surface area contributed by atoms with Gasteiger partial charge in [0.15, 0.2) is 0 Å². The SMILES string of the molecule is CNC(=O)CC1(c2cccc(F)c2)CCNCC1. The zero-order chi connectivity index (χ0) is 13.0. The third-order valence-electron chi connectivity index (χ3n) is 3.78. The Morgan fingerprint density at radius 2 is 2.17 bits per heavy atom. The number of hydrogen-bond acceptors (Lipinski definition) is 2. The summed E-state index contributed by atoms with van der Waals surface area (Å²) < 4.78 is 13.4. The summed E-state index contributed by atoms with van der Waals surface area (Å²) in [6.07, 6.45) is 2.16. The second kappa shape index (κ2) is 5.48. The Balaban J connectivity index is 2.31. The third-order valence-corrected chi connectivity index (χ3v) is 3.78. The summed E-state index contributed by atoms with van der Waals surface area (Å²) in [4.78, 5) is 11.7. The molecule has 1 amide bonds. The average Bonchev–Trinajstić information content (AvgIpc) is 2.39. The quantitative estimate of drug-likeness (QED) is 0.855. The summed E-state index contributed by atoms with van der Waals surface area (Å²) in [5.74, 6) is -0.219. The molecule has 0 aliphatic carbocycles. The molecule has 1 aromatic rings. The Bertz CT molecular complexity index is 428. The highest BCUT2D eigenvalue weighted by Gasteiger charge is 2.35. The van der Waals surface area contributed by atoms with Gasteiger partial charge in [-0.15, -0.1) is 0 Å². The first-order valence-corrected chi connectivity index (χ1v) is 6.34. The van der Waals surface area contributed by atoms with Gasteiger partial charge in [-0.05, 0) is 43.6 Å². The van der Waals surface area contributed by atoms with E-state index in [1.165, 1.54) is 6.07 Å². The number of rotatable bonds is 3. The average molecular weight is 250 g/mol. The number of halogens is 1. The van der Waals surface area contributed by atoms with Crippen molar-refractivity contribution in [2.45, 2.75) is 24.7 Å². The fourth-order valence-corrected chi connectivity index (χ4v) is 2.69. The Kier molecular flexibility index (Phi) is 3.97. The molecule has 18 heavy (non-hydrogen) atoms. The van der Waals surface area contributed by atoms with E-state index >= 15 is 0 Å². The molecule has 0 unspecified atom stereocenters. The van der Waals surface area contributed by atoms with Gasteiger partial charge in [-0.3, -0.25) is 4.79 Å². The van der Waals surface area contributed by atoms with E-state index in [2.05, 4.69) is 10.6 Å². The van der Waals surface area contributed by atoms with Crippen molar-refractivity contribution in [2.24, 2.45) is 0 Å². The van der Waals surface area contributed by atoms with Gasteiger partial charge in [0.05, 0.1) is 0 Å². The van der Waals surface area contributed by atoms with Crippen LogP contribution in [0.5, 0.6) is 0 Å². The van der Waals surface area contributed by atoms with Crippen LogP contribution in [0, 0.1) is 5.82 Å². The highest BCUT2D eigenvalue weighted by Crippen LogP contribution is 2.37. The molecule has 1 aromatic carbocycles. The first kappa shape index (κ1) is 13.0. The Hall–Kier alpha value is -1.42. The van der Waals surface area contributed by atoms with Crippen molar-refractivity contribution in [3.05, 3.63) is 35.6 Å². The molecule has 2 N–H and O–H groups in total. The second-order valence-corrected chi connectivity index (χ2v) is 4.89. The highest BCUT2D eigenvalue weighted by molar-refractivity contribution is 5.77. The van der Waals surface area contributed by atoms with Gasteiger partial charge in [-0.2, -0.15) is 0 Å². The number of amides is 1. The topological polar surface area (TPSA) is 41.1 Å². The van der Waals surface area contributed by atoms with Crippen molar-refractivity contribution < 1.29 is 9.18 Å². The van der Waals surface area contributed by atoms with Crippen LogP contribution in [0.15, 0.2) is 24.3 Å². The number of nitrogens with one attached hydrogen (secondary N) is 2. The molecule has 0 spiro atoms. The van der Waals surface area contributed by atoms with Gasteiger partial charge in [-0.25, -0.2) is 4.39 Å². The van der Waals surface area contributed by atoms with Gasteiger partial charge in [0.2, 0.25) is 5.91 Å². The second-order valence-electron chi connectivity index (χ2n) is 4.89. The van der Waals surface area contributed by atoms with Crippen LogP contribution >= 0.6 is 0 Å².